The minimum absolute atomic E-state index is 0.0446. The van der Waals surface area contributed by atoms with Crippen LogP contribution < -0.4 is 5.32 Å². The lowest BCUT2D eigenvalue weighted by molar-refractivity contribution is -0.138. The van der Waals surface area contributed by atoms with Crippen molar-refractivity contribution in [1.82, 2.24) is 5.32 Å². The molecule has 0 fully saturated rings. The van der Waals surface area contributed by atoms with Crippen LogP contribution in [0.2, 0.25) is 5.02 Å². The molecule has 0 saturated carbocycles. The molecule has 0 spiro atoms. The zero-order valence-electron chi connectivity index (χ0n) is 10.5. The van der Waals surface area contributed by atoms with Crippen LogP contribution in [-0.2, 0) is 4.79 Å². The fraction of sp³-hybridized carbons (Fsp3) is 0.385. The third kappa shape index (κ3) is 4.84. The Morgan fingerprint density at radius 2 is 2.16 bits per heavy atom. The van der Waals surface area contributed by atoms with Crippen molar-refractivity contribution in [1.29, 1.82) is 0 Å². The summed E-state index contributed by atoms with van der Waals surface area (Å²) in [5, 5.41) is 11.8. The summed E-state index contributed by atoms with van der Waals surface area (Å²) in [7, 11) is 0. The van der Waals surface area contributed by atoms with Crippen LogP contribution in [0, 0.1) is 5.92 Å². The molecule has 0 aliphatic carbocycles. The summed E-state index contributed by atoms with van der Waals surface area (Å²) in [5.41, 5.74) is 0.376. The van der Waals surface area contributed by atoms with E-state index in [0.29, 0.717) is 28.0 Å². The van der Waals surface area contributed by atoms with E-state index in [9.17, 15) is 9.59 Å². The molecule has 1 aromatic rings. The molecule has 0 heterocycles. The summed E-state index contributed by atoms with van der Waals surface area (Å²) in [5.74, 6) is -1.23. The van der Waals surface area contributed by atoms with Gasteiger partial charge in [-0.3, -0.25) is 9.59 Å². The largest absolute Gasteiger partial charge is 0.481 e. The Kier molecular flexibility index (Phi) is 6.31. The number of carbonyl (C=O) groups excluding carboxylic acids is 1. The molecule has 0 aliphatic rings. The Balaban J connectivity index is 2.64. The number of carboxylic acid groups (broad SMARTS) is 1. The highest BCUT2D eigenvalue weighted by atomic mass is 79.9. The number of halogens is 2. The minimum Gasteiger partial charge on any atom is -0.481 e. The third-order valence-electron chi connectivity index (χ3n) is 2.79. The predicted octanol–water partition coefficient (Wildman–Crippen LogP) is 3.33. The van der Waals surface area contributed by atoms with E-state index in [4.69, 9.17) is 16.7 Å². The lowest BCUT2D eigenvalue weighted by atomic mass is 10.0. The Hall–Kier alpha value is -1.07. The number of hydrogen-bond acceptors (Lipinski definition) is 2. The van der Waals surface area contributed by atoms with Crippen molar-refractivity contribution in [3.05, 3.63) is 33.3 Å². The zero-order valence-corrected chi connectivity index (χ0v) is 12.8. The van der Waals surface area contributed by atoms with Crippen LogP contribution in [0.5, 0.6) is 0 Å². The van der Waals surface area contributed by atoms with Crippen LogP contribution in [0.3, 0.4) is 0 Å². The molecule has 1 unspecified atom stereocenters. The van der Waals surface area contributed by atoms with Crippen molar-refractivity contribution in [2.24, 2.45) is 5.92 Å². The van der Waals surface area contributed by atoms with E-state index in [1.165, 1.54) is 0 Å². The van der Waals surface area contributed by atoms with Gasteiger partial charge in [-0.1, -0.05) is 31.0 Å². The number of amides is 1. The average Bonchev–Trinajstić information content (AvgIpc) is 2.37. The molecule has 1 atom stereocenters. The van der Waals surface area contributed by atoms with Crippen LogP contribution in [0.1, 0.15) is 30.1 Å². The van der Waals surface area contributed by atoms with Crippen LogP contribution in [0.15, 0.2) is 22.7 Å². The van der Waals surface area contributed by atoms with Crippen molar-refractivity contribution in [2.45, 2.75) is 19.8 Å². The molecule has 19 heavy (non-hydrogen) atoms. The normalized spacial score (nSPS) is 11.9. The molecular weight excluding hydrogens is 334 g/mol. The van der Waals surface area contributed by atoms with Crippen molar-refractivity contribution >= 4 is 39.4 Å². The maximum atomic E-state index is 12.0. The summed E-state index contributed by atoms with van der Waals surface area (Å²) in [4.78, 5) is 22.6. The molecular formula is C13H15BrClNO3. The van der Waals surface area contributed by atoms with Crippen molar-refractivity contribution in [3.8, 4) is 0 Å². The molecule has 4 nitrogen and oxygen atoms in total. The quantitative estimate of drug-likeness (QED) is 0.828. The van der Waals surface area contributed by atoms with Crippen LogP contribution in [0.4, 0.5) is 0 Å². The zero-order chi connectivity index (χ0) is 14.4. The number of aliphatic carboxylic acids is 1. The first-order valence-electron chi connectivity index (χ1n) is 5.89. The molecule has 6 heteroatoms. The SMILES string of the molecule is CCC(CNC(=O)c1cccc(Br)c1Cl)CC(=O)O. The molecule has 0 bridgehead atoms. The second-order valence-corrected chi connectivity index (χ2v) is 5.42. The molecule has 1 amide bonds. The first-order valence-corrected chi connectivity index (χ1v) is 7.06. The maximum absolute atomic E-state index is 12.0. The topological polar surface area (TPSA) is 66.4 Å². The second-order valence-electron chi connectivity index (χ2n) is 4.18. The summed E-state index contributed by atoms with van der Waals surface area (Å²) in [6, 6.07) is 5.10. The highest BCUT2D eigenvalue weighted by molar-refractivity contribution is 9.10. The molecule has 0 radical (unpaired) electrons. The first-order chi connectivity index (χ1) is 8.95. The summed E-state index contributed by atoms with van der Waals surface area (Å²) in [6.45, 7) is 2.22. The standard InChI is InChI=1S/C13H15BrClNO3/c1-2-8(6-11(17)18)7-16-13(19)9-4-3-5-10(14)12(9)15/h3-5,8H,2,6-7H2,1H3,(H,16,19)(H,17,18). The van der Waals surface area contributed by atoms with Gasteiger partial charge in [0.05, 0.1) is 10.6 Å². The Morgan fingerprint density at radius 1 is 1.47 bits per heavy atom. The molecule has 2 N–H and O–H groups in total. The van der Waals surface area contributed by atoms with Crippen molar-refractivity contribution < 1.29 is 14.7 Å². The van der Waals surface area contributed by atoms with Crippen molar-refractivity contribution in [2.75, 3.05) is 6.54 Å². The van der Waals surface area contributed by atoms with E-state index in [1.54, 1.807) is 18.2 Å². The van der Waals surface area contributed by atoms with Crippen LogP contribution in [-0.4, -0.2) is 23.5 Å². The first kappa shape index (κ1) is 16.0. The smallest absolute Gasteiger partial charge is 0.303 e. The third-order valence-corrected chi connectivity index (χ3v) is 4.08. The molecule has 0 saturated heterocycles. The van der Waals surface area contributed by atoms with Gasteiger partial charge in [0.25, 0.3) is 5.91 Å². The van der Waals surface area contributed by atoms with Gasteiger partial charge in [-0.05, 0) is 34.0 Å². The fourth-order valence-corrected chi connectivity index (χ4v) is 2.20. The molecule has 1 aromatic carbocycles. The van der Waals surface area contributed by atoms with Gasteiger partial charge in [0.2, 0.25) is 0 Å². The van der Waals surface area contributed by atoms with E-state index < -0.39 is 5.97 Å². The molecule has 1 rings (SSSR count). The highest BCUT2D eigenvalue weighted by Crippen LogP contribution is 2.25. The number of rotatable bonds is 6. The number of carboxylic acids is 1. The highest BCUT2D eigenvalue weighted by Gasteiger charge is 2.15. The second kappa shape index (κ2) is 7.50. The molecule has 104 valence electrons. The van der Waals surface area contributed by atoms with Gasteiger partial charge in [0, 0.05) is 17.4 Å². The van der Waals surface area contributed by atoms with E-state index in [0.717, 1.165) is 0 Å². The predicted molar refractivity (Wildman–Crippen MR) is 77.5 cm³/mol. The van der Waals surface area contributed by atoms with Gasteiger partial charge in [-0.2, -0.15) is 0 Å². The Morgan fingerprint density at radius 3 is 2.74 bits per heavy atom. The summed E-state index contributed by atoms with van der Waals surface area (Å²) in [6.07, 6.45) is 0.738. The number of carbonyl (C=O) groups is 2. The summed E-state index contributed by atoms with van der Waals surface area (Å²) < 4.78 is 0.652. The fourth-order valence-electron chi connectivity index (χ4n) is 1.62. The van der Waals surface area contributed by atoms with Gasteiger partial charge < -0.3 is 10.4 Å². The number of nitrogens with one attached hydrogen (secondary N) is 1. The van der Waals surface area contributed by atoms with E-state index in [-0.39, 0.29) is 18.2 Å². The monoisotopic (exact) mass is 347 g/mol. The van der Waals surface area contributed by atoms with Gasteiger partial charge in [-0.15, -0.1) is 0 Å². The van der Waals surface area contributed by atoms with Gasteiger partial charge in [-0.25, -0.2) is 0 Å². The molecule has 0 aliphatic heterocycles. The van der Waals surface area contributed by atoms with E-state index >= 15 is 0 Å². The molecule has 0 aromatic heterocycles. The number of benzene rings is 1. The number of hydrogen-bond donors (Lipinski definition) is 2. The van der Waals surface area contributed by atoms with Gasteiger partial charge >= 0.3 is 5.97 Å². The van der Waals surface area contributed by atoms with Crippen LogP contribution >= 0.6 is 27.5 Å². The summed E-state index contributed by atoms with van der Waals surface area (Å²) >= 11 is 9.27. The lowest BCUT2D eigenvalue weighted by Crippen LogP contribution is -2.30. The van der Waals surface area contributed by atoms with E-state index in [2.05, 4.69) is 21.2 Å². The maximum Gasteiger partial charge on any atom is 0.303 e. The Labute approximate surface area is 125 Å². The lowest BCUT2D eigenvalue weighted by Gasteiger charge is -2.14. The van der Waals surface area contributed by atoms with E-state index in [1.807, 2.05) is 6.92 Å². The van der Waals surface area contributed by atoms with Crippen LogP contribution in [0.25, 0.3) is 0 Å². The minimum atomic E-state index is -0.860. The Bertz CT molecular complexity index is 479. The average molecular weight is 349 g/mol. The van der Waals surface area contributed by atoms with Gasteiger partial charge in [0.1, 0.15) is 0 Å². The van der Waals surface area contributed by atoms with Gasteiger partial charge in [0.15, 0.2) is 0 Å². The van der Waals surface area contributed by atoms with Crippen molar-refractivity contribution in [3.63, 3.8) is 0 Å².